The Bertz CT molecular complexity index is 901. The zero-order chi connectivity index (χ0) is 16.9. The van der Waals surface area contributed by atoms with E-state index in [1.165, 1.54) is 10.6 Å². The lowest BCUT2D eigenvalue weighted by Gasteiger charge is -2.23. The molecule has 24 heavy (non-hydrogen) atoms. The Morgan fingerprint density at radius 1 is 1.21 bits per heavy atom. The molecule has 2 aromatic heterocycles. The van der Waals surface area contributed by atoms with Gasteiger partial charge in [0.05, 0.1) is 6.26 Å². The average molecular weight is 348 g/mol. The van der Waals surface area contributed by atoms with Crippen molar-refractivity contribution >= 4 is 21.5 Å². The standard InChI is InChI=1S/C16H20N4O3S/c1-24(22,23)19-8-7-13(9-19)16-18-17-14-6-5-12(10-20(14)16)15(21)11-3-2-4-11/h5-6,10-11,13H,2-4,7-9H2,1H3. The minimum Gasteiger partial charge on any atom is -0.294 e. The van der Waals surface area contributed by atoms with Crippen molar-refractivity contribution in [2.45, 2.75) is 31.6 Å². The summed E-state index contributed by atoms with van der Waals surface area (Å²) in [5.41, 5.74) is 1.37. The molecule has 2 aromatic rings. The topological polar surface area (TPSA) is 84.6 Å². The van der Waals surface area contributed by atoms with Crippen LogP contribution in [0, 0.1) is 5.92 Å². The molecular weight excluding hydrogens is 328 g/mol. The van der Waals surface area contributed by atoms with Crippen molar-refractivity contribution in [2.75, 3.05) is 19.3 Å². The van der Waals surface area contributed by atoms with Crippen LogP contribution in [-0.2, 0) is 10.0 Å². The van der Waals surface area contributed by atoms with E-state index in [2.05, 4.69) is 10.2 Å². The van der Waals surface area contributed by atoms with Gasteiger partial charge in [-0.2, -0.15) is 0 Å². The van der Waals surface area contributed by atoms with E-state index in [9.17, 15) is 13.2 Å². The predicted molar refractivity (Wildman–Crippen MR) is 88.4 cm³/mol. The summed E-state index contributed by atoms with van der Waals surface area (Å²) < 4.78 is 26.7. The van der Waals surface area contributed by atoms with Gasteiger partial charge in [-0.15, -0.1) is 10.2 Å². The summed E-state index contributed by atoms with van der Waals surface area (Å²) in [7, 11) is -3.19. The third kappa shape index (κ3) is 2.63. The van der Waals surface area contributed by atoms with E-state index >= 15 is 0 Å². The molecule has 1 aliphatic heterocycles. The zero-order valence-corrected chi connectivity index (χ0v) is 14.4. The van der Waals surface area contributed by atoms with Crippen molar-refractivity contribution < 1.29 is 13.2 Å². The van der Waals surface area contributed by atoms with Crippen LogP contribution in [0.5, 0.6) is 0 Å². The van der Waals surface area contributed by atoms with Crippen LogP contribution in [0.2, 0.25) is 0 Å². The van der Waals surface area contributed by atoms with Gasteiger partial charge in [0.1, 0.15) is 5.82 Å². The highest BCUT2D eigenvalue weighted by Gasteiger charge is 2.32. The van der Waals surface area contributed by atoms with Crippen molar-refractivity contribution in [1.29, 1.82) is 0 Å². The van der Waals surface area contributed by atoms with Crippen molar-refractivity contribution in [2.24, 2.45) is 5.92 Å². The van der Waals surface area contributed by atoms with E-state index in [0.717, 1.165) is 25.1 Å². The van der Waals surface area contributed by atoms with Crippen LogP contribution in [0.25, 0.3) is 5.65 Å². The van der Waals surface area contributed by atoms with Crippen molar-refractivity contribution in [3.05, 3.63) is 29.7 Å². The third-order valence-electron chi connectivity index (χ3n) is 5.17. The molecule has 0 amide bonds. The SMILES string of the molecule is CS(=O)(=O)N1CCC(c2nnc3ccc(C(=O)C4CCC4)cn23)C1. The fourth-order valence-corrected chi connectivity index (χ4v) is 4.37. The number of hydrogen-bond donors (Lipinski definition) is 0. The number of carbonyl (C=O) groups is 1. The van der Waals surface area contributed by atoms with E-state index < -0.39 is 10.0 Å². The van der Waals surface area contributed by atoms with Gasteiger partial charge in [0, 0.05) is 36.7 Å². The minimum absolute atomic E-state index is 0.00350. The Labute approximate surface area is 140 Å². The zero-order valence-electron chi connectivity index (χ0n) is 13.6. The summed E-state index contributed by atoms with van der Waals surface area (Å²) in [6.07, 6.45) is 6.82. The number of carbonyl (C=O) groups excluding carboxylic acids is 1. The van der Waals surface area contributed by atoms with Crippen LogP contribution in [0.15, 0.2) is 18.3 Å². The molecular formula is C16H20N4O3S. The normalized spacial score (nSPS) is 22.8. The maximum Gasteiger partial charge on any atom is 0.211 e. The highest BCUT2D eigenvalue weighted by atomic mass is 32.2. The summed E-state index contributed by atoms with van der Waals surface area (Å²) in [5.74, 6) is 1.07. The lowest BCUT2D eigenvalue weighted by Crippen LogP contribution is -2.27. The van der Waals surface area contributed by atoms with Crippen molar-refractivity contribution in [3.8, 4) is 0 Å². The van der Waals surface area contributed by atoms with Gasteiger partial charge in [-0.05, 0) is 31.4 Å². The number of pyridine rings is 1. The Kier molecular flexibility index (Phi) is 3.69. The molecule has 1 atom stereocenters. The molecule has 3 heterocycles. The monoisotopic (exact) mass is 348 g/mol. The summed E-state index contributed by atoms with van der Waals surface area (Å²) >= 11 is 0. The van der Waals surface area contributed by atoms with Crippen LogP contribution in [0.1, 0.15) is 47.8 Å². The van der Waals surface area contributed by atoms with Crippen molar-refractivity contribution in [3.63, 3.8) is 0 Å². The average Bonchev–Trinajstić information content (AvgIpc) is 3.10. The molecule has 0 N–H and O–H groups in total. The maximum atomic E-state index is 12.5. The second-order valence-corrected chi connectivity index (χ2v) is 8.79. The Hall–Kier alpha value is -1.80. The lowest BCUT2D eigenvalue weighted by molar-refractivity contribution is 0.0854. The first kappa shape index (κ1) is 15.7. The summed E-state index contributed by atoms with van der Waals surface area (Å²) in [6, 6.07) is 3.62. The third-order valence-corrected chi connectivity index (χ3v) is 6.44. The first-order valence-electron chi connectivity index (χ1n) is 8.27. The van der Waals surface area contributed by atoms with Gasteiger partial charge in [-0.1, -0.05) is 6.42 Å². The fourth-order valence-electron chi connectivity index (χ4n) is 3.48. The molecule has 0 aromatic carbocycles. The first-order chi connectivity index (χ1) is 11.4. The first-order valence-corrected chi connectivity index (χ1v) is 10.1. The summed E-state index contributed by atoms with van der Waals surface area (Å²) in [6.45, 7) is 0.916. The Morgan fingerprint density at radius 2 is 2.00 bits per heavy atom. The predicted octanol–water partition coefficient (Wildman–Crippen LogP) is 1.46. The molecule has 0 bridgehead atoms. The van der Waals surface area contributed by atoms with Crippen LogP contribution < -0.4 is 0 Å². The molecule has 1 unspecified atom stereocenters. The number of ketones is 1. The molecule has 0 radical (unpaired) electrons. The number of fused-ring (bicyclic) bond motifs is 1. The van der Waals surface area contributed by atoms with Crippen LogP contribution in [-0.4, -0.2) is 52.4 Å². The van der Waals surface area contributed by atoms with Crippen LogP contribution >= 0.6 is 0 Å². The van der Waals surface area contributed by atoms with E-state index in [0.29, 0.717) is 30.7 Å². The van der Waals surface area contributed by atoms with E-state index in [1.807, 2.05) is 22.7 Å². The minimum atomic E-state index is -3.19. The quantitative estimate of drug-likeness (QED) is 0.781. The summed E-state index contributed by atoms with van der Waals surface area (Å²) in [4.78, 5) is 12.5. The number of aromatic nitrogens is 3. The van der Waals surface area contributed by atoms with Gasteiger partial charge in [0.15, 0.2) is 11.4 Å². The molecule has 1 saturated carbocycles. The summed E-state index contributed by atoms with van der Waals surface area (Å²) in [5, 5.41) is 8.42. The van der Waals surface area contributed by atoms with Crippen LogP contribution in [0.4, 0.5) is 0 Å². The van der Waals surface area contributed by atoms with Gasteiger partial charge in [0.2, 0.25) is 10.0 Å². The molecule has 1 aliphatic carbocycles. The molecule has 2 aliphatic rings. The molecule has 2 fully saturated rings. The second-order valence-electron chi connectivity index (χ2n) is 6.80. The van der Waals surface area contributed by atoms with Gasteiger partial charge in [-0.25, -0.2) is 12.7 Å². The molecule has 128 valence electrons. The Morgan fingerprint density at radius 3 is 2.62 bits per heavy atom. The number of rotatable bonds is 4. The molecule has 1 saturated heterocycles. The van der Waals surface area contributed by atoms with Gasteiger partial charge in [-0.3, -0.25) is 9.20 Å². The number of sulfonamides is 1. The van der Waals surface area contributed by atoms with Gasteiger partial charge in [0.25, 0.3) is 0 Å². The van der Waals surface area contributed by atoms with Gasteiger partial charge >= 0.3 is 0 Å². The number of hydrogen-bond acceptors (Lipinski definition) is 5. The smallest absolute Gasteiger partial charge is 0.211 e. The molecule has 0 spiro atoms. The lowest BCUT2D eigenvalue weighted by atomic mass is 9.80. The molecule has 8 heteroatoms. The maximum absolute atomic E-state index is 12.5. The van der Waals surface area contributed by atoms with Crippen molar-refractivity contribution in [1.82, 2.24) is 18.9 Å². The fraction of sp³-hybridized carbons (Fsp3) is 0.562. The van der Waals surface area contributed by atoms with Gasteiger partial charge < -0.3 is 0 Å². The highest BCUT2D eigenvalue weighted by molar-refractivity contribution is 7.88. The van der Waals surface area contributed by atoms with Crippen LogP contribution in [0.3, 0.4) is 0 Å². The van der Waals surface area contributed by atoms with E-state index in [1.54, 1.807) is 0 Å². The Balaban J connectivity index is 1.65. The van der Waals surface area contributed by atoms with E-state index in [4.69, 9.17) is 0 Å². The van der Waals surface area contributed by atoms with E-state index in [-0.39, 0.29) is 17.6 Å². The highest BCUT2D eigenvalue weighted by Crippen LogP contribution is 2.31. The number of Topliss-reactive ketones (excluding diaryl/α,β-unsaturated/α-hetero) is 1. The second kappa shape index (κ2) is 5.63. The largest absolute Gasteiger partial charge is 0.294 e. The number of nitrogens with zero attached hydrogens (tertiary/aromatic N) is 4. The molecule has 4 rings (SSSR count). The molecule has 7 nitrogen and oxygen atoms in total.